The maximum Gasteiger partial charge on any atom is 0.273 e. The molecule has 1 rings (SSSR count). The van der Waals surface area contributed by atoms with Gasteiger partial charge in [-0.2, -0.15) is 0 Å². The molecule has 0 radical (unpaired) electrons. The average molecular weight is 276 g/mol. The summed E-state index contributed by atoms with van der Waals surface area (Å²) in [6, 6.07) is 0. The highest BCUT2D eigenvalue weighted by Gasteiger charge is 2.12. The van der Waals surface area contributed by atoms with Gasteiger partial charge in [0.05, 0.1) is 18.5 Å². The molecule has 10 heteroatoms. The summed E-state index contributed by atoms with van der Waals surface area (Å²) >= 11 is 0. The van der Waals surface area contributed by atoms with Crippen LogP contribution in [0.4, 0.5) is 0 Å². The van der Waals surface area contributed by atoms with Crippen LogP contribution in [0.2, 0.25) is 0 Å². The minimum absolute atomic E-state index is 0.00571. The van der Waals surface area contributed by atoms with Crippen LogP contribution < -0.4 is 15.8 Å². The van der Waals surface area contributed by atoms with Gasteiger partial charge in [0, 0.05) is 13.1 Å². The molecule has 1 heterocycles. The second-order valence-corrected chi connectivity index (χ2v) is 5.48. The van der Waals surface area contributed by atoms with Crippen LogP contribution in [0.25, 0.3) is 0 Å². The first kappa shape index (κ1) is 14.5. The largest absolute Gasteiger partial charge is 0.350 e. The second kappa shape index (κ2) is 6.42. The van der Waals surface area contributed by atoms with Crippen LogP contribution >= 0.6 is 0 Å². The van der Waals surface area contributed by atoms with Crippen LogP contribution in [0.5, 0.6) is 0 Å². The molecule has 0 fully saturated rings. The second-order valence-electron chi connectivity index (χ2n) is 3.43. The van der Waals surface area contributed by atoms with Gasteiger partial charge in [0.1, 0.15) is 0 Å². The summed E-state index contributed by atoms with van der Waals surface area (Å²) in [5.74, 6) is -0.656. The van der Waals surface area contributed by atoms with Crippen LogP contribution in [-0.4, -0.2) is 55.2 Å². The molecule has 0 aliphatic carbocycles. The van der Waals surface area contributed by atoms with Crippen LogP contribution in [-0.2, 0) is 16.6 Å². The number of nitrogens with two attached hydrogens (primary N) is 1. The van der Waals surface area contributed by atoms with E-state index in [-0.39, 0.29) is 18.0 Å². The Morgan fingerprint density at radius 3 is 2.89 bits per heavy atom. The van der Waals surface area contributed by atoms with Gasteiger partial charge < -0.3 is 11.1 Å². The molecule has 0 spiro atoms. The number of carbonyl (C=O) groups is 1. The van der Waals surface area contributed by atoms with Gasteiger partial charge in [0.15, 0.2) is 5.69 Å². The zero-order valence-electron chi connectivity index (χ0n) is 9.96. The molecular formula is C8H16N6O3S. The minimum atomic E-state index is -3.32. The molecule has 0 aromatic carbocycles. The Bertz CT molecular complexity index is 497. The molecule has 0 aliphatic heterocycles. The van der Waals surface area contributed by atoms with E-state index in [4.69, 9.17) is 5.73 Å². The molecule has 0 saturated carbocycles. The summed E-state index contributed by atoms with van der Waals surface area (Å²) in [6.07, 6.45) is 1.45. The number of amides is 1. The molecular weight excluding hydrogens is 260 g/mol. The molecule has 1 amide bonds. The summed E-state index contributed by atoms with van der Waals surface area (Å²) < 4.78 is 25.8. The number of rotatable bonds is 7. The maximum absolute atomic E-state index is 11.6. The predicted molar refractivity (Wildman–Crippen MR) is 64.3 cm³/mol. The van der Waals surface area contributed by atoms with Gasteiger partial charge in [0.2, 0.25) is 10.0 Å². The van der Waals surface area contributed by atoms with Crippen LogP contribution in [0, 0.1) is 0 Å². The van der Waals surface area contributed by atoms with Crippen LogP contribution in [0.15, 0.2) is 6.20 Å². The van der Waals surface area contributed by atoms with E-state index in [0.717, 1.165) is 0 Å². The average Bonchev–Trinajstić information content (AvgIpc) is 2.78. The highest BCUT2D eigenvalue weighted by Crippen LogP contribution is 1.92. The van der Waals surface area contributed by atoms with Crippen molar-refractivity contribution in [2.24, 2.45) is 5.73 Å². The molecule has 0 aliphatic rings. The molecule has 0 unspecified atom stereocenters. The molecule has 0 atom stereocenters. The third-order valence-electron chi connectivity index (χ3n) is 2.10. The number of sulfonamides is 1. The fourth-order valence-electron chi connectivity index (χ4n) is 1.14. The number of nitrogens with one attached hydrogen (secondary N) is 2. The Hall–Kier alpha value is -1.52. The van der Waals surface area contributed by atoms with Crippen molar-refractivity contribution in [1.29, 1.82) is 0 Å². The summed E-state index contributed by atoms with van der Waals surface area (Å²) in [6.45, 7) is 0.866. The standard InChI is InChI=1S/C8H16N6O3S/c1-10-18(16,17)5-3-11-8(15)7-6-14(4-2-9)13-12-7/h6,10H,2-5,9H2,1H3,(H,11,15). The Kier molecular flexibility index (Phi) is 5.19. The third-order valence-corrected chi connectivity index (χ3v) is 3.46. The molecule has 0 bridgehead atoms. The number of hydrogen-bond acceptors (Lipinski definition) is 6. The topological polar surface area (TPSA) is 132 Å². The van der Waals surface area contributed by atoms with E-state index in [1.165, 1.54) is 17.9 Å². The first-order chi connectivity index (χ1) is 8.48. The molecule has 18 heavy (non-hydrogen) atoms. The Labute approximate surface area is 105 Å². The number of aromatic nitrogens is 3. The quantitative estimate of drug-likeness (QED) is 0.505. The lowest BCUT2D eigenvalue weighted by Crippen LogP contribution is -2.33. The van der Waals surface area contributed by atoms with E-state index in [9.17, 15) is 13.2 Å². The van der Waals surface area contributed by atoms with E-state index in [1.807, 2.05) is 0 Å². The first-order valence-corrected chi connectivity index (χ1v) is 6.93. The van der Waals surface area contributed by atoms with Crippen molar-refractivity contribution in [3.8, 4) is 0 Å². The van der Waals surface area contributed by atoms with Crippen molar-refractivity contribution < 1.29 is 13.2 Å². The van der Waals surface area contributed by atoms with Crippen molar-refractivity contribution in [1.82, 2.24) is 25.0 Å². The van der Waals surface area contributed by atoms with Crippen LogP contribution in [0.1, 0.15) is 10.5 Å². The van der Waals surface area contributed by atoms with E-state index in [0.29, 0.717) is 13.1 Å². The van der Waals surface area contributed by atoms with Gasteiger partial charge in [-0.15, -0.1) is 5.10 Å². The monoisotopic (exact) mass is 276 g/mol. The highest BCUT2D eigenvalue weighted by atomic mass is 32.2. The summed E-state index contributed by atoms with van der Waals surface area (Å²) in [4.78, 5) is 11.6. The van der Waals surface area contributed by atoms with Crippen molar-refractivity contribution in [3.05, 3.63) is 11.9 Å². The fraction of sp³-hybridized carbons (Fsp3) is 0.625. The molecule has 4 N–H and O–H groups in total. The normalized spacial score (nSPS) is 11.4. The highest BCUT2D eigenvalue weighted by molar-refractivity contribution is 7.89. The SMILES string of the molecule is CNS(=O)(=O)CCNC(=O)c1cn(CCN)nn1. The summed E-state index contributed by atoms with van der Waals surface area (Å²) in [5.41, 5.74) is 5.46. The number of nitrogens with zero attached hydrogens (tertiary/aromatic N) is 3. The van der Waals surface area contributed by atoms with Crippen LogP contribution in [0.3, 0.4) is 0 Å². The molecule has 0 saturated heterocycles. The van der Waals surface area contributed by atoms with Gasteiger partial charge in [-0.05, 0) is 7.05 Å². The lowest BCUT2D eigenvalue weighted by molar-refractivity contribution is 0.0951. The minimum Gasteiger partial charge on any atom is -0.350 e. The van der Waals surface area contributed by atoms with Crippen molar-refractivity contribution >= 4 is 15.9 Å². The first-order valence-electron chi connectivity index (χ1n) is 5.28. The maximum atomic E-state index is 11.6. The van der Waals surface area contributed by atoms with Crippen molar-refractivity contribution in [2.75, 3.05) is 25.9 Å². The summed E-state index contributed by atoms with van der Waals surface area (Å²) in [5, 5.41) is 9.79. The zero-order chi connectivity index (χ0) is 13.6. The predicted octanol–water partition coefficient (Wildman–Crippen LogP) is -2.48. The van der Waals surface area contributed by atoms with Gasteiger partial charge in [0.25, 0.3) is 5.91 Å². The lowest BCUT2D eigenvalue weighted by Gasteiger charge is -2.03. The number of hydrogen-bond donors (Lipinski definition) is 3. The van der Waals surface area contributed by atoms with Gasteiger partial charge in [-0.1, -0.05) is 5.21 Å². The van der Waals surface area contributed by atoms with Crippen molar-refractivity contribution in [3.63, 3.8) is 0 Å². The lowest BCUT2D eigenvalue weighted by atomic mass is 10.4. The Morgan fingerprint density at radius 1 is 1.56 bits per heavy atom. The van der Waals surface area contributed by atoms with Gasteiger partial charge >= 0.3 is 0 Å². The Morgan fingerprint density at radius 2 is 2.28 bits per heavy atom. The van der Waals surface area contributed by atoms with Gasteiger partial charge in [-0.3, -0.25) is 9.48 Å². The molecule has 1 aromatic heterocycles. The van der Waals surface area contributed by atoms with E-state index in [1.54, 1.807) is 0 Å². The molecule has 1 aromatic rings. The fourth-order valence-corrected chi connectivity index (χ4v) is 1.71. The van der Waals surface area contributed by atoms with Crippen molar-refractivity contribution in [2.45, 2.75) is 6.54 Å². The Balaban J connectivity index is 2.45. The van der Waals surface area contributed by atoms with Gasteiger partial charge in [-0.25, -0.2) is 13.1 Å². The number of carbonyl (C=O) groups excluding carboxylic acids is 1. The van der Waals surface area contributed by atoms with E-state index >= 15 is 0 Å². The molecule has 9 nitrogen and oxygen atoms in total. The third kappa shape index (κ3) is 4.39. The van der Waals surface area contributed by atoms with E-state index < -0.39 is 15.9 Å². The van der Waals surface area contributed by atoms with E-state index in [2.05, 4.69) is 20.4 Å². The zero-order valence-corrected chi connectivity index (χ0v) is 10.8. The summed E-state index contributed by atoms with van der Waals surface area (Å²) in [7, 11) is -2.01. The molecule has 102 valence electrons. The smallest absolute Gasteiger partial charge is 0.273 e.